The minimum absolute atomic E-state index is 0.667. The summed E-state index contributed by atoms with van der Waals surface area (Å²) in [5.74, 6) is 5.97. The highest BCUT2D eigenvalue weighted by Gasteiger charge is 2.04. The summed E-state index contributed by atoms with van der Waals surface area (Å²) in [6.07, 6.45) is 2.52. The van der Waals surface area contributed by atoms with Gasteiger partial charge in [0, 0.05) is 6.04 Å². The van der Waals surface area contributed by atoms with Gasteiger partial charge in [-0.15, -0.1) is 5.92 Å². The molecular formula is C10H19N. The second kappa shape index (κ2) is 6.24. The summed E-state index contributed by atoms with van der Waals surface area (Å²) in [5, 5.41) is 0. The Bertz CT molecular complexity index is 141. The first kappa shape index (κ1) is 10.5. The minimum Gasteiger partial charge on any atom is -0.293 e. The van der Waals surface area contributed by atoms with E-state index in [4.69, 9.17) is 0 Å². The van der Waals surface area contributed by atoms with E-state index >= 15 is 0 Å². The van der Waals surface area contributed by atoms with Gasteiger partial charge in [0.25, 0.3) is 0 Å². The highest BCUT2D eigenvalue weighted by Crippen LogP contribution is 2.02. The summed E-state index contributed by atoms with van der Waals surface area (Å²) in [6, 6.07) is 0.667. The molecule has 1 nitrogen and oxygen atoms in total. The summed E-state index contributed by atoms with van der Waals surface area (Å²) in [4.78, 5) is 2.29. The normalized spacial score (nSPS) is 12.5. The molecule has 0 heterocycles. The van der Waals surface area contributed by atoms with Crippen molar-refractivity contribution in [1.82, 2.24) is 4.90 Å². The van der Waals surface area contributed by atoms with Crippen molar-refractivity contribution >= 4 is 0 Å². The number of hydrogen-bond acceptors (Lipinski definition) is 1. The smallest absolute Gasteiger partial charge is 0.0601 e. The molecule has 0 fully saturated rings. The molecule has 11 heavy (non-hydrogen) atoms. The monoisotopic (exact) mass is 153 g/mol. The van der Waals surface area contributed by atoms with Gasteiger partial charge in [0.05, 0.1) is 6.54 Å². The number of nitrogens with zero attached hydrogens (tertiary/aromatic N) is 1. The fourth-order valence-electron chi connectivity index (χ4n) is 0.998. The van der Waals surface area contributed by atoms with E-state index in [1.54, 1.807) is 0 Å². The SMILES string of the molecule is CC#CCN(C)C(C)CCC. The summed E-state index contributed by atoms with van der Waals surface area (Å²) in [5.41, 5.74) is 0. The second-order valence-corrected chi connectivity index (χ2v) is 2.98. The summed E-state index contributed by atoms with van der Waals surface area (Å²) < 4.78 is 0. The zero-order valence-electron chi connectivity index (χ0n) is 8.15. The van der Waals surface area contributed by atoms with Crippen LogP contribution >= 0.6 is 0 Å². The summed E-state index contributed by atoms with van der Waals surface area (Å²) in [7, 11) is 2.13. The molecule has 0 aromatic rings. The molecule has 0 N–H and O–H groups in total. The summed E-state index contributed by atoms with van der Waals surface area (Å²) >= 11 is 0. The maximum absolute atomic E-state index is 3.06. The molecule has 64 valence electrons. The third kappa shape index (κ3) is 4.86. The quantitative estimate of drug-likeness (QED) is 0.559. The lowest BCUT2D eigenvalue weighted by Crippen LogP contribution is -2.29. The van der Waals surface area contributed by atoms with Gasteiger partial charge < -0.3 is 0 Å². The molecule has 1 unspecified atom stereocenters. The van der Waals surface area contributed by atoms with Crippen LogP contribution in [0.1, 0.15) is 33.6 Å². The van der Waals surface area contributed by atoms with Gasteiger partial charge in [-0.1, -0.05) is 19.3 Å². The van der Waals surface area contributed by atoms with Gasteiger partial charge in [0.1, 0.15) is 0 Å². The fourth-order valence-corrected chi connectivity index (χ4v) is 0.998. The Morgan fingerprint density at radius 1 is 1.45 bits per heavy atom. The Balaban J connectivity index is 3.59. The van der Waals surface area contributed by atoms with Crippen molar-refractivity contribution < 1.29 is 0 Å². The van der Waals surface area contributed by atoms with Gasteiger partial charge in [-0.2, -0.15) is 0 Å². The second-order valence-electron chi connectivity index (χ2n) is 2.98. The Labute approximate surface area is 70.8 Å². The lowest BCUT2D eigenvalue weighted by Gasteiger charge is -2.21. The molecule has 0 bridgehead atoms. The van der Waals surface area contributed by atoms with Crippen LogP contribution < -0.4 is 0 Å². The first-order valence-electron chi connectivity index (χ1n) is 4.32. The van der Waals surface area contributed by atoms with Crippen LogP contribution in [0.4, 0.5) is 0 Å². The highest BCUT2D eigenvalue weighted by molar-refractivity contribution is 4.97. The van der Waals surface area contributed by atoms with Gasteiger partial charge in [-0.05, 0) is 27.3 Å². The Kier molecular flexibility index (Phi) is 5.97. The molecule has 0 aliphatic carbocycles. The summed E-state index contributed by atoms with van der Waals surface area (Å²) in [6.45, 7) is 7.26. The third-order valence-corrected chi connectivity index (χ3v) is 1.96. The lowest BCUT2D eigenvalue weighted by atomic mass is 10.2. The largest absolute Gasteiger partial charge is 0.293 e. The molecule has 0 aromatic heterocycles. The number of rotatable bonds is 4. The van der Waals surface area contributed by atoms with E-state index < -0.39 is 0 Å². The first-order valence-corrected chi connectivity index (χ1v) is 4.32. The van der Waals surface area contributed by atoms with Crippen LogP contribution in [0.3, 0.4) is 0 Å². The van der Waals surface area contributed by atoms with Crippen LogP contribution in [0.5, 0.6) is 0 Å². The fraction of sp³-hybridized carbons (Fsp3) is 0.800. The van der Waals surface area contributed by atoms with Gasteiger partial charge in [-0.3, -0.25) is 4.90 Å². The highest BCUT2D eigenvalue weighted by atomic mass is 15.1. The Morgan fingerprint density at radius 3 is 2.55 bits per heavy atom. The van der Waals surface area contributed by atoms with E-state index in [9.17, 15) is 0 Å². The van der Waals surface area contributed by atoms with E-state index in [0.29, 0.717) is 6.04 Å². The Hall–Kier alpha value is -0.480. The first-order chi connectivity index (χ1) is 5.22. The molecule has 0 aliphatic heterocycles. The average Bonchev–Trinajstić information content (AvgIpc) is 2.00. The van der Waals surface area contributed by atoms with Crippen LogP contribution in [0.25, 0.3) is 0 Å². The molecule has 0 amide bonds. The predicted octanol–water partition coefficient (Wildman–Crippen LogP) is 2.13. The average molecular weight is 153 g/mol. The molecule has 0 rings (SSSR count). The topological polar surface area (TPSA) is 3.24 Å². The zero-order valence-corrected chi connectivity index (χ0v) is 8.15. The van der Waals surface area contributed by atoms with Gasteiger partial charge in [0.15, 0.2) is 0 Å². The predicted molar refractivity (Wildman–Crippen MR) is 50.5 cm³/mol. The Morgan fingerprint density at radius 2 is 2.09 bits per heavy atom. The van der Waals surface area contributed by atoms with Crippen molar-refractivity contribution in [3.05, 3.63) is 0 Å². The molecule has 0 aliphatic rings. The van der Waals surface area contributed by atoms with Crippen LogP contribution in [0.2, 0.25) is 0 Å². The van der Waals surface area contributed by atoms with Crippen molar-refractivity contribution in [2.24, 2.45) is 0 Å². The molecule has 0 saturated carbocycles. The van der Waals surface area contributed by atoms with Crippen molar-refractivity contribution in [2.45, 2.75) is 39.7 Å². The van der Waals surface area contributed by atoms with Gasteiger partial charge >= 0.3 is 0 Å². The lowest BCUT2D eigenvalue weighted by molar-refractivity contribution is 0.273. The van der Waals surface area contributed by atoms with Crippen molar-refractivity contribution in [3.8, 4) is 11.8 Å². The van der Waals surface area contributed by atoms with Crippen molar-refractivity contribution in [2.75, 3.05) is 13.6 Å². The molecule has 0 aromatic carbocycles. The maximum atomic E-state index is 3.06. The van der Waals surface area contributed by atoms with E-state index in [1.165, 1.54) is 12.8 Å². The van der Waals surface area contributed by atoms with Gasteiger partial charge in [-0.25, -0.2) is 0 Å². The molecule has 0 spiro atoms. The zero-order chi connectivity index (χ0) is 8.69. The van der Waals surface area contributed by atoms with Crippen LogP contribution in [-0.4, -0.2) is 24.5 Å². The van der Waals surface area contributed by atoms with E-state index in [-0.39, 0.29) is 0 Å². The van der Waals surface area contributed by atoms with Crippen LogP contribution in [-0.2, 0) is 0 Å². The molecule has 0 radical (unpaired) electrons. The number of hydrogen-bond donors (Lipinski definition) is 0. The maximum Gasteiger partial charge on any atom is 0.0601 e. The minimum atomic E-state index is 0.667. The van der Waals surface area contributed by atoms with E-state index in [0.717, 1.165) is 6.54 Å². The van der Waals surface area contributed by atoms with Crippen molar-refractivity contribution in [3.63, 3.8) is 0 Å². The standard InChI is InChI=1S/C10H19N/c1-5-7-9-11(4)10(3)8-6-2/h10H,6,8-9H2,1-4H3. The molecule has 0 saturated heterocycles. The molecule has 1 heteroatoms. The van der Waals surface area contributed by atoms with Crippen molar-refractivity contribution in [1.29, 1.82) is 0 Å². The van der Waals surface area contributed by atoms with E-state index in [2.05, 4.69) is 37.6 Å². The molecule has 1 atom stereocenters. The third-order valence-electron chi connectivity index (χ3n) is 1.96. The van der Waals surface area contributed by atoms with Crippen LogP contribution in [0.15, 0.2) is 0 Å². The molecular weight excluding hydrogens is 134 g/mol. The van der Waals surface area contributed by atoms with Crippen LogP contribution in [0, 0.1) is 11.8 Å². The van der Waals surface area contributed by atoms with Gasteiger partial charge in [0.2, 0.25) is 0 Å². The van der Waals surface area contributed by atoms with E-state index in [1.807, 2.05) is 6.92 Å².